The van der Waals surface area contributed by atoms with Crippen LogP contribution in [0.1, 0.15) is 25.6 Å². The third-order valence-electron chi connectivity index (χ3n) is 4.49. The van der Waals surface area contributed by atoms with Crippen molar-refractivity contribution >= 4 is 16.9 Å². The summed E-state index contributed by atoms with van der Waals surface area (Å²) in [5.41, 5.74) is 2.14. The third-order valence-corrected chi connectivity index (χ3v) is 4.49. The Hall–Kier alpha value is -3.08. The van der Waals surface area contributed by atoms with E-state index in [9.17, 15) is 4.79 Å². The van der Waals surface area contributed by atoms with Gasteiger partial charge in [-0.05, 0) is 50.1 Å². The van der Waals surface area contributed by atoms with E-state index in [0.717, 1.165) is 42.0 Å². The van der Waals surface area contributed by atoms with Crippen LogP contribution in [0.15, 0.2) is 66.7 Å². The number of nitrogens with zero attached hydrogens (tertiary/aromatic N) is 2. The molecule has 1 heterocycles. The first-order chi connectivity index (χ1) is 13.8. The summed E-state index contributed by atoms with van der Waals surface area (Å²) in [4.78, 5) is 16.4. The van der Waals surface area contributed by atoms with Gasteiger partial charge in [0.25, 0.3) is 0 Å². The molecule has 5 nitrogen and oxygen atoms in total. The van der Waals surface area contributed by atoms with Crippen molar-refractivity contribution in [3.8, 4) is 5.75 Å². The maximum atomic E-state index is 11.6. The van der Waals surface area contributed by atoms with Crippen LogP contribution in [-0.2, 0) is 17.8 Å². The molecular weight excluding hydrogens is 350 g/mol. The Labute approximate surface area is 166 Å². The number of hydrogen-bond donors (Lipinski definition) is 1. The Kier molecular flexibility index (Phi) is 7.24. The van der Waals surface area contributed by atoms with E-state index in [1.807, 2.05) is 55.5 Å². The predicted molar refractivity (Wildman–Crippen MR) is 112 cm³/mol. The van der Waals surface area contributed by atoms with Gasteiger partial charge in [0.05, 0.1) is 17.6 Å². The highest BCUT2D eigenvalue weighted by Gasteiger charge is 2.10. The van der Waals surface area contributed by atoms with Crippen LogP contribution in [0.4, 0.5) is 0 Å². The summed E-state index contributed by atoms with van der Waals surface area (Å²) >= 11 is 0. The number of carbonyl (C=O) groups is 1. The van der Waals surface area contributed by atoms with Gasteiger partial charge < -0.3 is 14.6 Å². The number of carbonyl (C=O) groups excluding carboxylic acids is 1. The van der Waals surface area contributed by atoms with Crippen molar-refractivity contribution < 1.29 is 9.53 Å². The number of rotatable bonds is 10. The Balaban J connectivity index is 1.56. The van der Waals surface area contributed by atoms with Gasteiger partial charge in [0.1, 0.15) is 11.6 Å². The summed E-state index contributed by atoms with van der Waals surface area (Å²) in [6.07, 6.45) is 5.96. The molecule has 0 aliphatic rings. The molecule has 0 aliphatic carbocycles. The molecule has 146 valence electrons. The maximum absolute atomic E-state index is 11.6. The van der Waals surface area contributed by atoms with Crippen LogP contribution in [0.5, 0.6) is 5.75 Å². The van der Waals surface area contributed by atoms with E-state index in [1.54, 1.807) is 6.08 Å². The number of unbranched alkanes of at least 4 members (excludes halogenated alkanes) is 1. The van der Waals surface area contributed by atoms with Crippen LogP contribution in [0, 0.1) is 0 Å². The molecule has 0 saturated heterocycles. The van der Waals surface area contributed by atoms with E-state index >= 15 is 0 Å². The smallest absolute Gasteiger partial charge is 0.243 e. The summed E-state index contributed by atoms with van der Waals surface area (Å²) in [6, 6.07) is 18.1. The van der Waals surface area contributed by atoms with Gasteiger partial charge in [-0.25, -0.2) is 4.98 Å². The van der Waals surface area contributed by atoms with Crippen molar-refractivity contribution in [2.75, 3.05) is 13.2 Å². The first-order valence-corrected chi connectivity index (χ1v) is 9.80. The van der Waals surface area contributed by atoms with Gasteiger partial charge in [0.2, 0.25) is 5.91 Å². The quantitative estimate of drug-likeness (QED) is 0.427. The van der Waals surface area contributed by atoms with Crippen LogP contribution in [0.3, 0.4) is 0 Å². The average molecular weight is 377 g/mol. The number of allylic oxidation sites excluding steroid dienone is 1. The zero-order valence-corrected chi connectivity index (χ0v) is 16.3. The molecule has 3 rings (SSSR count). The number of ether oxygens (including phenoxy) is 1. The normalized spacial score (nSPS) is 11.2. The van der Waals surface area contributed by atoms with Crippen LogP contribution in [0.25, 0.3) is 11.0 Å². The highest BCUT2D eigenvalue weighted by atomic mass is 16.5. The van der Waals surface area contributed by atoms with Gasteiger partial charge in [-0.2, -0.15) is 0 Å². The first-order valence-electron chi connectivity index (χ1n) is 9.80. The van der Waals surface area contributed by atoms with E-state index in [-0.39, 0.29) is 5.91 Å². The molecule has 0 bridgehead atoms. The third kappa shape index (κ3) is 5.46. The Morgan fingerprint density at radius 3 is 2.71 bits per heavy atom. The molecule has 0 spiro atoms. The van der Waals surface area contributed by atoms with Crippen LogP contribution in [-0.4, -0.2) is 28.6 Å². The van der Waals surface area contributed by atoms with E-state index in [2.05, 4.69) is 16.0 Å². The van der Waals surface area contributed by atoms with Crippen molar-refractivity contribution in [3.05, 3.63) is 72.6 Å². The Morgan fingerprint density at radius 2 is 1.89 bits per heavy atom. The minimum atomic E-state index is -0.0665. The minimum absolute atomic E-state index is 0.0665. The van der Waals surface area contributed by atoms with Gasteiger partial charge in [0, 0.05) is 19.5 Å². The molecule has 1 aromatic heterocycles. The molecule has 1 amide bonds. The van der Waals surface area contributed by atoms with Gasteiger partial charge in [-0.15, -0.1) is 0 Å². The highest BCUT2D eigenvalue weighted by Crippen LogP contribution is 2.17. The van der Waals surface area contributed by atoms with Gasteiger partial charge in [-0.1, -0.05) is 36.4 Å². The van der Waals surface area contributed by atoms with Gasteiger partial charge in [0.15, 0.2) is 0 Å². The van der Waals surface area contributed by atoms with Crippen LogP contribution in [0.2, 0.25) is 0 Å². The number of benzene rings is 2. The maximum Gasteiger partial charge on any atom is 0.243 e. The van der Waals surface area contributed by atoms with Crippen molar-refractivity contribution in [2.45, 2.75) is 32.7 Å². The fraction of sp³-hybridized carbons (Fsp3) is 0.304. The zero-order chi connectivity index (χ0) is 19.6. The van der Waals surface area contributed by atoms with Crippen molar-refractivity contribution in [1.82, 2.24) is 14.9 Å². The largest absolute Gasteiger partial charge is 0.494 e. The van der Waals surface area contributed by atoms with Crippen LogP contribution >= 0.6 is 0 Å². The van der Waals surface area contributed by atoms with E-state index in [4.69, 9.17) is 9.72 Å². The molecular formula is C23H27N3O2. The fourth-order valence-electron chi connectivity index (χ4n) is 3.15. The van der Waals surface area contributed by atoms with Crippen molar-refractivity contribution in [1.29, 1.82) is 0 Å². The number of aromatic nitrogens is 2. The number of amides is 1. The SMILES string of the molecule is C/C=C/C(=O)NCCc1nc2ccccc2n1CCCCOc1ccccc1. The summed E-state index contributed by atoms with van der Waals surface area (Å²) in [5, 5.41) is 2.90. The standard InChI is InChI=1S/C23H27N3O2/c1-2-10-23(27)24-16-15-22-25-20-13-6-7-14-21(20)26(22)17-8-9-18-28-19-11-4-3-5-12-19/h2-7,10-14H,8-9,15-18H2,1H3,(H,24,27)/b10-2+. The summed E-state index contributed by atoms with van der Waals surface area (Å²) in [6.45, 7) is 3.99. The molecule has 0 fully saturated rings. The molecule has 0 aliphatic heterocycles. The molecule has 1 N–H and O–H groups in total. The number of aryl methyl sites for hydroxylation is 1. The zero-order valence-electron chi connectivity index (χ0n) is 16.3. The topological polar surface area (TPSA) is 56.2 Å². The second-order valence-electron chi connectivity index (χ2n) is 6.58. The lowest BCUT2D eigenvalue weighted by molar-refractivity contribution is -0.116. The number of fused-ring (bicyclic) bond motifs is 1. The molecule has 0 saturated carbocycles. The highest BCUT2D eigenvalue weighted by molar-refractivity contribution is 5.87. The predicted octanol–water partition coefficient (Wildman–Crippen LogP) is 4.13. The van der Waals surface area contributed by atoms with Crippen molar-refractivity contribution in [2.24, 2.45) is 0 Å². The summed E-state index contributed by atoms with van der Waals surface area (Å²) < 4.78 is 8.04. The minimum Gasteiger partial charge on any atom is -0.494 e. The molecule has 0 unspecified atom stereocenters. The summed E-state index contributed by atoms with van der Waals surface area (Å²) in [7, 11) is 0. The number of imidazole rings is 1. The second-order valence-corrected chi connectivity index (χ2v) is 6.58. The van der Waals surface area contributed by atoms with E-state index in [1.165, 1.54) is 6.08 Å². The Morgan fingerprint density at radius 1 is 1.11 bits per heavy atom. The fourth-order valence-corrected chi connectivity index (χ4v) is 3.15. The lowest BCUT2D eigenvalue weighted by Crippen LogP contribution is -2.24. The van der Waals surface area contributed by atoms with Gasteiger partial charge in [-0.3, -0.25) is 4.79 Å². The molecule has 0 radical (unpaired) electrons. The van der Waals surface area contributed by atoms with E-state index in [0.29, 0.717) is 19.6 Å². The van der Waals surface area contributed by atoms with Crippen molar-refractivity contribution in [3.63, 3.8) is 0 Å². The number of nitrogens with one attached hydrogen (secondary N) is 1. The number of hydrogen-bond acceptors (Lipinski definition) is 3. The van der Waals surface area contributed by atoms with E-state index < -0.39 is 0 Å². The molecule has 5 heteroatoms. The lowest BCUT2D eigenvalue weighted by Gasteiger charge is -2.10. The second kappa shape index (κ2) is 10.3. The van der Waals surface area contributed by atoms with Crippen LogP contribution < -0.4 is 10.1 Å². The van der Waals surface area contributed by atoms with Gasteiger partial charge >= 0.3 is 0 Å². The summed E-state index contributed by atoms with van der Waals surface area (Å²) in [5.74, 6) is 1.85. The number of para-hydroxylation sites is 3. The monoisotopic (exact) mass is 377 g/mol. The average Bonchev–Trinajstić information content (AvgIpc) is 3.06. The molecule has 2 aromatic carbocycles. The first kappa shape index (κ1) is 19.7. The molecule has 0 atom stereocenters. The molecule has 3 aromatic rings. The Bertz CT molecular complexity index is 916. The lowest BCUT2D eigenvalue weighted by atomic mass is 10.3. The molecule has 28 heavy (non-hydrogen) atoms.